The van der Waals surface area contributed by atoms with Crippen LogP contribution in [0, 0.1) is 0 Å². The number of anilines is 3. The fourth-order valence-electron chi connectivity index (χ4n) is 5.11. The van der Waals surface area contributed by atoms with Gasteiger partial charge in [-0.05, 0) is 54.0 Å². The van der Waals surface area contributed by atoms with E-state index in [0.717, 1.165) is 16.2 Å². The van der Waals surface area contributed by atoms with Crippen molar-refractivity contribution in [2.24, 2.45) is 0 Å². The maximum atomic E-state index is 13.4. The van der Waals surface area contributed by atoms with Crippen molar-refractivity contribution in [1.82, 2.24) is 0 Å². The van der Waals surface area contributed by atoms with Gasteiger partial charge in [0.25, 0.3) is 0 Å². The van der Waals surface area contributed by atoms with Crippen LogP contribution >= 0.6 is 0 Å². The first kappa shape index (κ1) is 29.2. The zero-order valence-electron chi connectivity index (χ0n) is 23.7. The molecule has 5 N–H and O–H groups in total. The van der Waals surface area contributed by atoms with Crippen LogP contribution in [0.5, 0.6) is 5.75 Å². The molecule has 8 heteroatoms. The van der Waals surface area contributed by atoms with Crippen LogP contribution in [0.2, 0.25) is 0 Å². The normalized spacial score (nSPS) is 12.7. The van der Waals surface area contributed by atoms with E-state index in [1.54, 1.807) is 49.6 Å². The van der Waals surface area contributed by atoms with Crippen LogP contribution in [0.15, 0.2) is 115 Å². The van der Waals surface area contributed by atoms with Crippen molar-refractivity contribution in [2.75, 3.05) is 23.5 Å². The number of nitrogens with two attached hydrogens (primary N) is 1. The van der Waals surface area contributed by atoms with E-state index in [2.05, 4.69) is 10.6 Å². The number of hydrogen-bond acceptors (Lipinski definition) is 6. The standard InChI is InChI=1S/C35H33N3O5/c1-42-32(19-8-9-20-33(40)37-30-17-7-6-16-28(30)36)34(27-21-22-31(39)26-15-5-4-14-25(26)27)43-35(41)38-29-18-10-12-23-11-2-3-13-24(23)29/h2-7,9-18,20-22,32,34,39H,8,19,36H2,1H3,(H,37,40)(H,38,41)/b20-9+/t32-,34-/m0/s1. The Morgan fingerprint density at radius 2 is 1.49 bits per heavy atom. The van der Waals surface area contributed by atoms with Gasteiger partial charge in [-0.15, -0.1) is 0 Å². The fraction of sp³-hybridized carbons (Fsp3) is 0.143. The van der Waals surface area contributed by atoms with Crippen LogP contribution in [-0.2, 0) is 14.3 Å². The predicted molar refractivity (Wildman–Crippen MR) is 171 cm³/mol. The largest absolute Gasteiger partial charge is 0.507 e. The maximum Gasteiger partial charge on any atom is 0.412 e. The number of rotatable bonds is 10. The Balaban J connectivity index is 1.37. The third-order valence-corrected chi connectivity index (χ3v) is 7.25. The molecule has 0 bridgehead atoms. The molecule has 0 saturated carbocycles. The summed E-state index contributed by atoms with van der Waals surface area (Å²) in [7, 11) is 1.56. The third kappa shape index (κ3) is 6.94. The lowest BCUT2D eigenvalue weighted by Crippen LogP contribution is -2.28. The summed E-state index contributed by atoms with van der Waals surface area (Å²) in [4.78, 5) is 25.8. The second kappa shape index (κ2) is 13.5. The van der Waals surface area contributed by atoms with E-state index < -0.39 is 18.3 Å². The monoisotopic (exact) mass is 575 g/mol. The summed E-state index contributed by atoms with van der Waals surface area (Å²) in [6, 6.07) is 31.2. The van der Waals surface area contributed by atoms with Gasteiger partial charge < -0.3 is 25.6 Å². The smallest absolute Gasteiger partial charge is 0.412 e. The first-order valence-corrected chi connectivity index (χ1v) is 14.0. The Hall–Kier alpha value is -5.34. The summed E-state index contributed by atoms with van der Waals surface area (Å²) in [5, 5.41) is 19.4. The highest BCUT2D eigenvalue weighted by atomic mass is 16.6. The van der Waals surface area contributed by atoms with Crippen LogP contribution in [0.25, 0.3) is 21.5 Å². The van der Waals surface area contributed by atoms with Crippen molar-refractivity contribution in [2.45, 2.75) is 25.0 Å². The summed E-state index contributed by atoms with van der Waals surface area (Å²) < 4.78 is 12.0. The number of methoxy groups -OCH3 is 1. The molecule has 0 radical (unpaired) electrons. The topological polar surface area (TPSA) is 123 Å². The van der Waals surface area contributed by atoms with E-state index in [-0.39, 0.29) is 11.7 Å². The second-order valence-corrected chi connectivity index (χ2v) is 10.0. The molecule has 0 aliphatic rings. The molecule has 0 saturated heterocycles. The molecule has 5 aromatic rings. The Labute approximate surface area is 249 Å². The van der Waals surface area contributed by atoms with Crippen molar-refractivity contribution in [3.63, 3.8) is 0 Å². The molecule has 0 aliphatic carbocycles. The van der Waals surface area contributed by atoms with Gasteiger partial charge in [0.15, 0.2) is 6.10 Å². The number of amides is 2. The van der Waals surface area contributed by atoms with Gasteiger partial charge in [-0.2, -0.15) is 0 Å². The highest BCUT2D eigenvalue weighted by Crippen LogP contribution is 2.36. The molecule has 0 aromatic heterocycles. The summed E-state index contributed by atoms with van der Waals surface area (Å²) in [6.07, 6.45) is 2.06. The number of aromatic hydroxyl groups is 1. The first-order valence-electron chi connectivity index (χ1n) is 14.0. The first-order chi connectivity index (χ1) is 20.9. The summed E-state index contributed by atoms with van der Waals surface area (Å²) in [6.45, 7) is 0. The van der Waals surface area contributed by atoms with E-state index >= 15 is 0 Å². The highest BCUT2D eigenvalue weighted by molar-refractivity contribution is 6.01. The minimum atomic E-state index is -0.822. The molecule has 2 atom stereocenters. The average molecular weight is 576 g/mol. The molecule has 218 valence electrons. The lowest BCUT2D eigenvalue weighted by Gasteiger charge is -2.27. The minimum absolute atomic E-state index is 0.125. The third-order valence-electron chi connectivity index (χ3n) is 7.25. The number of nitrogens with one attached hydrogen (secondary N) is 2. The van der Waals surface area contributed by atoms with E-state index in [0.29, 0.717) is 40.9 Å². The number of carbonyl (C=O) groups is 2. The van der Waals surface area contributed by atoms with Gasteiger partial charge in [0, 0.05) is 23.4 Å². The number of para-hydroxylation sites is 2. The Bertz CT molecular complexity index is 1780. The van der Waals surface area contributed by atoms with Crippen LogP contribution < -0.4 is 16.4 Å². The molecular formula is C35H33N3O5. The van der Waals surface area contributed by atoms with Crippen molar-refractivity contribution in [3.05, 3.63) is 121 Å². The number of nitrogen functional groups attached to an aromatic ring is 1. The molecule has 0 heterocycles. The van der Waals surface area contributed by atoms with Gasteiger partial charge in [-0.1, -0.05) is 84.9 Å². The van der Waals surface area contributed by atoms with Gasteiger partial charge in [0.1, 0.15) is 5.75 Å². The minimum Gasteiger partial charge on any atom is -0.507 e. The molecular weight excluding hydrogens is 542 g/mol. The SMILES string of the molecule is CO[C@@H](CC/C=C/C(=O)Nc1ccccc1N)[C@@H](OC(=O)Nc1cccc2ccccc12)c1ccc(O)c2ccccc12. The Kier molecular flexibility index (Phi) is 9.19. The molecule has 43 heavy (non-hydrogen) atoms. The molecule has 0 aliphatic heterocycles. The van der Waals surface area contributed by atoms with E-state index in [1.165, 1.54) is 6.08 Å². The summed E-state index contributed by atoms with van der Waals surface area (Å²) >= 11 is 0. The van der Waals surface area contributed by atoms with E-state index in [1.807, 2.05) is 66.7 Å². The lowest BCUT2D eigenvalue weighted by atomic mass is 9.94. The van der Waals surface area contributed by atoms with Gasteiger partial charge >= 0.3 is 6.09 Å². The Morgan fingerprint density at radius 1 is 0.814 bits per heavy atom. The van der Waals surface area contributed by atoms with Crippen molar-refractivity contribution in [3.8, 4) is 5.75 Å². The van der Waals surface area contributed by atoms with E-state index in [4.69, 9.17) is 15.2 Å². The quantitative estimate of drug-likeness (QED) is 0.101. The Morgan fingerprint density at radius 3 is 2.28 bits per heavy atom. The zero-order chi connectivity index (χ0) is 30.2. The second-order valence-electron chi connectivity index (χ2n) is 10.0. The van der Waals surface area contributed by atoms with Gasteiger partial charge in [0.05, 0.1) is 23.2 Å². The highest BCUT2D eigenvalue weighted by Gasteiger charge is 2.29. The number of ether oxygens (including phenoxy) is 2. The van der Waals surface area contributed by atoms with Crippen LogP contribution in [-0.4, -0.2) is 30.3 Å². The molecule has 0 spiro atoms. The number of phenols is 1. The maximum absolute atomic E-state index is 13.4. The van der Waals surface area contributed by atoms with Gasteiger partial charge in [-0.3, -0.25) is 10.1 Å². The summed E-state index contributed by atoms with van der Waals surface area (Å²) in [5.41, 5.74) is 8.25. The average Bonchev–Trinajstić information content (AvgIpc) is 3.02. The van der Waals surface area contributed by atoms with Gasteiger partial charge in [-0.25, -0.2) is 4.79 Å². The van der Waals surface area contributed by atoms with Gasteiger partial charge in [0.2, 0.25) is 5.91 Å². The number of hydrogen-bond donors (Lipinski definition) is 4. The molecule has 5 aromatic carbocycles. The molecule has 5 rings (SSSR count). The number of benzene rings is 5. The fourth-order valence-corrected chi connectivity index (χ4v) is 5.11. The molecule has 2 amide bonds. The molecule has 8 nitrogen and oxygen atoms in total. The van der Waals surface area contributed by atoms with Crippen molar-refractivity contribution < 1.29 is 24.2 Å². The summed E-state index contributed by atoms with van der Waals surface area (Å²) in [5.74, 6) is -0.182. The number of fused-ring (bicyclic) bond motifs is 2. The molecule has 0 unspecified atom stereocenters. The molecule has 0 fully saturated rings. The zero-order valence-corrected chi connectivity index (χ0v) is 23.7. The lowest BCUT2D eigenvalue weighted by molar-refractivity contribution is -0.111. The van der Waals surface area contributed by atoms with Crippen LogP contribution in [0.3, 0.4) is 0 Å². The predicted octanol–water partition coefficient (Wildman–Crippen LogP) is 7.56. The number of phenolic OH excluding ortho intramolecular Hbond substituents is 1. The van der Waals surface area contributed by atoms with E-state index in [9.17, 15) is 14.7 Å². The number of allylic oxidation sites excluding steroid dienone is 1. The van der Waals surface area contributed by atoms with Crippen molar-refractivity contribution >= 4 is 50.6 Å². The van der Waals surface area contributed by atoms with Crippen molar-refractivity contribution in [1.29, 1.82) is 0 Å². The van der Waals surface area contributed by atoms with Crippen LogP contribution in [0.1, 0.15) is 24.5 Å². The van der Waals surface area contributed by atoms with Crippen LogP contribution in [0.4, 0.5) is 21.9 Å². The number of carbonyl (C=O) groups excluding carboxylic acids is 2.